The molecule has 0 saturated heterocycles. The normalized spacial score (nSPS) is 9.38. The van der Waals surface area contributed by atoms with E-state index in [1.165, 1.54) is 7.05 Å². The Morgan fingerprint density at radius 3 is 2.75 bits per heavy atom. The molecule has 0 bridgehead atoms. The highest BCUT2D eigenvalue weighted by molar-refractivity contribution is 9.10. The number of rotatable bonds is 3. The fourth-order valence-corrected chi connectivity index (χ4v) is 1.41. The van der Waals surface area contributed by atoms with E-state index < -0.39 is 6.03 Å². The van der Waals surface area contributed by atoms with Crippen LogP contribution in [0.3, 0.4) is 0 Å². The Bertz CT molecular complexity index is 395. The van der Waals surface area contributed by atoms with Crippen LogP contribution in [0.25, 0.3) is 0 Å². The number of benzene rings is 1. The van der Waals surface area contributed by atoms with Gasteiger partial charge in [-0.15, -0.1) is 0 Å². The second kappa shape index (κ2) is 6.12. The van der Waals surface area contributed by atoms with Gasteiger partial charge in [0.05, 0.1) is 6.54 Å². The number of carbonyl (C=O) groups is 2. The van der Waals surface area contributed by atoms with E-state index >= 15 is 0 Å². The number of imide groups is 1. The molecule has 0 atom stereocenters. The molecule has 0 aliphatic heterocycles. The Balaban J connectivity index is 2.40. The Labute approximate surface area is 102 Å². The minimum atomic E-state index is -0.513. The van der Waals surface area contributed by atoms with Crippen molar-refractivity contribution >= 4 is 33.6 Å². The minimum absolute atomic E-state index is 0.0455. The van der Waals surface area contributed by atoms with Crippen molar-refractivity contribution < 1.29 is 9.59 Å². The van der Waals surface area contributed by atoms with Crippen molar-refractivity contribution in [3.05, 3.63) is 28.7 Å². The van der Waals surface area contributed by atoms with Crippen molar-refractivity contribution in [2.24, 2.45) is 0 Å². The molecule has 0 aliphatic rings. The van der Waals surface area contributed by atoms with Crippen molar-refractivity contribution in [2.45, 2.75) is 0 Å². The smallest absolute Gasteiger partial charge is 0.321 e. The Hall–Kier alpha value is -1.56. The Morgan fingerprint density at radius 1 is 1.38 bits per heavy atom. The standard InChI is InChI=1S/C10H12BrN3O2/c1-12-10(16)14-9(15)6-13-8-4-2-3-7(11)5-8/h2-5,13H,6H2,1H3,(H2,12,14,15,16). The lowest BCUT2D eigenvalue weighted by Gasteiger charge is -2.06. The summed E-state index contributed by atoms with van der Waals surface area (Å²) >= 11 is 3.32. The summed E-state index contributed by atoms with van der Waals surface area (Å²) in [6.45, 7) is 0.0455. The second-order valence-corrected chi connectivity index (χ2v) is 3.91. The van der Waals surface area contributed by atoms with Gasteiger partial charge in [-0.25, -0.2) is 4.79 Å². The highest BCUT2D eigenvalue weighted by atomic mass is 79.9. The van der Waals surface area contributed by atoms with Crippen molar-refractivity contribution in [1.82, 2.24) is 10.6 Å². The van der Waals surface area contributed by atoms with E-state index in [4.69, 9.17) is 0 Å². The van der Waals surface area contributed by atoms with E-state index in [9.17, 15) is 9.59 Å². The molecule has 1 rings (SSSR count). The summed E-state index contributed by atoms with van der Waals surface area (Å²) in [6.07, 6.45) is 0. The monoisotopic (exact) mass is 285 g/mol. The first-order valence-electron chi connectivity index (χ1n) is 4.63. The van der Waals surface area contributed by atoms with Gasteiger partial charge in [0.2, 0.25) is 5.91 Å². The molecular formula is C10H12BrN3O2. The predicted molar refractivity (Wildman–Crippen MR) is 65.2 cm³/mol. The summed E-state index contributed by atoms with van der Waals surface area (Å²) in [5.41, 5.74) is 0.807. The average Bonchev–Trinajstić information content (AvgIpc) is 2.26. The lowest BCUT2D eigenvalue weighted by molar-refractivity contribution is -0.118. The van der Waals surface area contributed by atoms with Gasteiger partial charge in [-0.3, -0.25) is 10.1 Å². The molecule has 86 valence electrons. The summed E-state index contributed by atoms with van der Waals surface area (Å²) in [4.78, 5) is 22.0. The summed E-state index contributed by atoms with van der Waals surface area (Å²) < 4.78 is 0.921. The minimum Gasteiger partial charge on any atom is -0.376 e. The van der Waals surface area contributed by atoms with Gasteiger partial charge in [0, 0.05) is 17.2 Å². The fraction of sp³-hybridized carbons (Fsp3) is 0.200. The van der Waals surface area contributed by atoms with E-state index in [0.717, 1.165) is 10.2 Å². The first-order valence-corrected chi connectivity index (χ1v) is 5.42. The van der Waals surface area contributed by atoms with Crippen molar-refractivity contribution in [3.8, 4) is 0 Å². The molecule has 3 N–H and O–H groups in total. The van der Waals surface area contributed by atoms with Crippen molar-refractivity contribution in [3.63, 3.8) is 0 Å². The predicted octanol–water partition coefficient (Wildman–Crippen LogP) is 1.32. The van der Waals surface area contributed by atoms with Crippen LogP contribution >= 0.6 is 15.9 Å². The van der Waals surface area contributed by atoms with Gasteiger partial charge in [0.1, 0.15) is 0 Å². The van der Waals surface area contributed by atoms with E-state index in [-0.39, 0.29) is 12.5 Å². The molecule has 1 aromatic rings. The molecule has 0 saturated carbocycles. The first kappa shape index (κ1) is 12.5. The second-order valence-electron chi connectivity index (χ2n) is 2.99. The molecule has 0 aromatic heterocycles. The third-order valence-corrected chi connectivity index (χ3v) is 2.25. The van der Waals surface area contributed by atoms with Gasteiger partial charge in [-0.1, -0.05) is 22.0 Å². The molecule has 0 radical (unpaired) electrons. The van der Waals surface area contributed by atoms with Gasteiger partial charge in [-0.2, -0.15) is 0 Å². The number of hydrogen-bond acceptors (Lipinski definition) is 3. The molecule has 16 heavy (non-hydrogen) atoms. The van der Waals surface area contributed by atoms with Crippen molar-refractivity contribution in [1.29, 1.82) is 0 Å². The number of hydrogen-bond donors (Lipinski definition) is 3. The molecule has 0 aliphatic carbocycles. The summed E-state index contributed by atoms with van der Waals surface area (Å²) in [6, 6.07) is 6.89. The van der Waals surface area contributed by atoms with Crippen LogP contribution in [-0.2, 0) is 4.79 Å². The molecule has 0 unspecified atom stereocenters. The number of nitrogens with one attached hydrogen (secondary N) is 3. The number of halogens is 1. The third-order valence-electron chi connectivity index (χ3n) is 1.76. The van der Waals surface area contributed by atoms with E-state index in [2.05, 4.69) is 31.9 Å². The lowest BCUT2D eigenvalue weighted by atomic mass is 10.3. The topological polar surface area (TPSA) is 70.2 Å². The number of amides is 3. The van der Waals surface area contributed by atoms with E-state index in [1.54, 1.807) is 0 Å². The third kappa shape index (κ3) is 4.31. The Kier molecular flexibility index (Phi) is 4.78. The maximum atomic E-state index is 11.2. The summed E-state index contributed by atoms with van der Waals surface area (Å²) in [5.74, 6) is -0.390. The molecule has 3 amide bonds. The maximum absolute atomic E-state index is 11.2. The summed E-state index contributed by atoms with van der Waals surface area (Å²) in [7, 11) is 1.45. The van der Waals surface area contributed by atoms with Crippen LogP contribution in [0.2, 0.25) is 0 Å². The van der Waals surface area contributed by atoms with Crippen LogP contribution in [0.5, 0.6) is 0 Å². The number of anilines is 1. The van der Waals surface area contributed by atoms with Crippen LogP contribution in [0.15, 0.2) is 28.7 Å². The Morgan fingerprint density at radius 2 is 2.12 bits per heavy atom. The first-order chi connectivity index (χ1) is 7.61. The molecule has 6 heteroatoms. The molecule has 0 fully saturated rings. The van der Waals surface area contributed by atoms with Gasteiger partial charge < -0.3 is 10.6 Å². The molecule has 0 heterocycles. The van der Waals surface area contributed by atoms with E-state index in [0.29, 0.717) is 0 Å². The van der Waals surface area contributed by atoms with E-state index in [1.807, 2.05) is 24.3 Å². The average molecular weight is 286 g/mol. The van der Waals surface area contributed by atoms with Crippen LogP contribution in [0, 0.1) is 0 Å². The van der Waals surface area contributed by atoms with Gasteiger partial charge in [-0.05, 0) is 18.2 Å². The maximum Gasteiger partial charge on any atom is 0.321 e. The zero-order valence-corrected chi connectivity index (χ0v) is 10.3. The van der Waals surface area contributed by atoms with Crippen LogP contribution in [0.1, 0.15) is 0 Å². The van der Waals surface area contributed by atoms with Gasteiger partial charge >= 0.3 is 6.03 Å². The number of carbonyl (C=O) groups excluding carboxylic acids is 2. The lowest BCUT2D eigenvalue weighted by Crippen LogP contribution is -2.40. The summed E-state index contributed by atoms with van der Waals surface area (Å²) in [5, 5.41) is 7.34. The molecule has 5 nitrogen and oxygen atoms in total. The fourth-order valence-electron chi connectivity index (χ4n) is 1.01. The van der Waals surface area contributed by atoms with Crippen LogP contribution in [-0.4, -0.2) is 25.5 Å². The zero-order chi connectivity index (χ0) is 12.0. The molecule has 0 spiro atoms. The quantitative estimate of drug-likeness (QED) is 0.784. The highest BCUT2D eigenvalue weighted by Crippen LogP contribution is 2.14. The molecule has 1 aromatic carbocycles. The number of urea groups is 1. The van der Waals surface area contributed by atoms with Crippen molar-refractivity contribution in [2.75, 3.05) is 18.9 Å². The SMILES string of the molecule is CNC(=O)NC(=O)CNc1cccc(Br)c1. The van der Waals surface area contributed by atoms with Gasteiger partial charge in [0.25, 0.3) is 0 Å². The van der Waals surface area contributed by atoms with Gasteiger partial charge in [0.15, 0.2) is 0 Å². The van der Waals surface area contributed by atoms with Crippen LogP contribution in [0.4, 0.5) is 10.5 Å². The van der Waals surface area contributed by atoms with Crippen LogP contribution < -0.4 is 16.0 Å². The zero-order valence-electron chi connectivity index (χ0n) is 8.71. The largest absolute Gasteiger partial charge is 0.376 e. The molecular weight excluding hydrogens is 274 g/mol. The highest BCUT2D eigenvalue weighted by Gasteiger charge is 2.04.